The third kappa shape index (κ3) is 2.74. The molecule has 3 nitrogen and oxygen atoms in total. The van der Waals surface area contributed by atoms with Crippen LogP contribution in [0.2, 0.25) is 5.02 Å². The van der Waals surface area contributed by atoms with E-state index in [1.54, 1.807) is 14.2 Å². The monoisotopic (exact) mass is 291 g/mol. The molecule has 0 aliphatic rings. The summed E-state index contributed by atoms with van der Waals surface area (Å²) in [5, 5.41) is 3.78. The molecule has 0 radical (unpaired) electrons. The van der Waals surface area contributed by atoms with Gasteiger partial charge in [-0.25, -0.2) is 0 Å². The van der Waals surface area contributed by atoms with Crippen molar-refractivity contribution in [2.75, 3.05) is 21.3 Å². The lowest BCUT2D eigenvalue weighted by Gasteiger charge is -2.21. The molecular weight excluding hydrogens is 274 g/mol. The molecule has 2 rings (SSSR count). The lowest BCUT2D eigenvalue weighted by molar-refractivity contribution is 0.388. The number of hydrogen-bond donors (Lipinski definition) is 1. The number of halogens is 1. The zero-order valence-electron chi connectivity index (χ0n) is 11.8. The van der Waals surface area contributed by atoms with Gasteiger partial charge in [0.25, 0.3) is 0 Å². The lowest BCUT2D eigenvalue weighted by atomic mass is 9.98. The molecule has 106 valence electrons. The van der Waals surface area contributed by atoms with E-state index in [1.807, 2.05) is 37.4 Å². The molecule has 0 fully saturated rings. The molecule has 0 heterocycles. The Balaban J connectivity index is 2.53. The van der Waals surface area contributed by atoms with E-state index in [9.17, 15) is 0 Å². The molecule has 0 aliphatic carbocycles. The van der Waals surface area contributed by atoms with Crippen molar-refractivity contribution in [3.05, 3.63) is 58.6 Å². The largest absolute Gasteiger partial charge is 0.495 e. The minimum Gasteiger partial charge on any atom is -0.495 e. The summed E-state index contributed by atoms with van der Waals surface area (Å²) in [6, 6.07) is 14.0. The highest BCUT2D eigenvalue weighted by Crippen LogP contribution is 2.40. The summed E-state index contributed by atoms with van der Waals surface area (Å²) >= 11 is 6.32. The molecule has 1 unspecified atom stereocenters. The van der Waals surface area contributed by atoms with E-state index in [1.165, 1.54) is 0 Å². The third-order valence-electron chi connectivity index (χ3n) is 3.25. The van der Waals surface area contributed by atoms with Gasteiger partial charge in [-0.1, -0.05) is 41.9 Å². The molecule has 0 saturated carbocycles. The van der Waals surface area contributed by atoms with E-state index in [0.29, 0.717) is 16.5 Å². The first-order valence-corrected chi connectivity index (χ1v) is 6.73. The summed E-state index contributed by atoms with van der Waals surface area (Å²) in [7, 11) is 5.12. The Kier molecular flexibility index (Phi) is 4.88. The van der Waals surface area contributed by atoms with Crippen LogP contribution in [0.5, 0.6) is 11.5 Å². The van der Waals surface area contributed by atoms with E-state index >= 15 is 0 Å². The topological polar surface area (TPSA) is 30.5 Å². The van der Waals surface area contributed by atoms with E-state index in [4.69, 9.17) is 21.1 Å². The molecule has 0 spiro atoms. The third-order valence-corrected chi connectivity index (χ3v) is 3.61. The molecule has 1 N–H and O–H groups in total. The maximum Gasteiger partial charge on any atom is 0.146 e. The van der Waals surface area contributed by atoms with E-state index in [2.05, 4.69) is 17.4 Å². The summed E-state index contributed by atoms with van der Waals surface area (Å²) in [4.78, 5) is 0. The van der Waals surface area contributed by atoms with Gasteiger partial charge in [0.1, 0.15) is 16.5 Å². The second-order valence-electron chi connectivity index (χ2n) is 4.34. The molecule has 0 aliphatic heterocycles. The van der Waals surface area contributed by atoms with Gasteiger partial charge in [0.05, 0.1) is 20.3 Å². The zero-order chi connectivity index (χ0) is 14.5. The summed E-state index contributed by atoms with van der Waals surface area (Å²) in [5.41, 5.74) is 2.13. The standard InChI is InChI=1S/C16H18ClNO2/c1-18-15(11-7-5-4-6-8-11)12-9-10-13(19-2)14(17)16(12)20-3/h4-10,15,18H,1-3H3. The van der Waals surface area contributed by atoms with Crippen LogP contribution in [-0.4, -0.2) is 21.3 Å². The maximum atomic E-state index is 6.32. The van der Waals surface area contributed by atoms with Gasteiger partial charge in [-0.3, -0.25) is 0 Å². The summed E-state index contributed by atoms with van der Waals surface area (Å²) in [6.07, 6.45) is 0. The molecule has 0 amide bonds. The highest BCUT2D eigenvalue weighted by molar-refractivity contribution is 6.33. The van der Waals surface area contributed by atoms with Crippen LogP contribution >= 0.6 is 11.6 Å². The van der Waals surface area contributed by atoms with Gasteiger partial charge < -0.3 is 14.8 Å². The van der Waals surface area contributed by atoms with Crippen LogP contribution in [0.1, 0.15) is 17.2 Å². The number of rotatable bonds is 5. The first-order chi connectivity index (χ1) is 9.72. The second kappa shape index (κ2) is 6.64. The van der Waals surface area contributed by atoms with Gasteiger partial charge in [0, 0.05) is 5.56 Å². The first-order valence-electron chi connectivity index (χ1n) is 6.35. The fourth-order valence-electron chi connectivity index (χ4n) is 2.29. The molecule has 20 heavy (non-hydrogen) atoms. The first kappa shape index (κ1) is 14.7. The SMILES string of the molecule is CNC(c1ccccc1)c1ccc(OC)c(Cl)c1OC. The van der Waals surface area contributed by atoms with Crippen LogP contribution in [0.25, 0.3) is 0 Å². The molecule has 0 bridgehead atoms. The summed E-state index contributed by atoms with van der Waals surface area (Å²) in [6.45, 7) is 0. The molecule has 4 heteroatoms. The van der Waals surface area contributed by atoms with E-state index < -0.39 is 0 Å². The van der Waals surface area contributed by atoms with Crippen molar-refractivity contribution in [2.45, 2.75) is 6.04 Å². The fourth-order valence-corrected chi connectivity index (χ4v) is 2.62. The predicted octanol–water partition coefficient (Wildman–Crippen LogP) is 3.67. The Morgan fingerprint density at radius 2 is 1.70 bits per heavy atom. The van der Waals surface area contributed by atoms with Crippen molar-refractivity contribution in [3.8, 4) is 11.5 Å². The van der Waals surface area contributed by atoms with Crippen molar-refractivity contribution in [2.24, 2.45) is 0 Å². The van der Waals surface area contributed by atoms with Crippen molar-refractivity contribution in [3.63, 3.8) is 0 Å². The summed E-state index contributed by atoms with van der Waals surface area (Å²) in [5.74, 6) is 1.24. The van der Waals surface area contributed by atoms with Crippen molar-refractivity contribution >= 4 is 11.6 Å². The van der Waals surface area contributed by atoms with Crippen LogP contribution in [0.4, 0.5) is 0 Å². The minimum atomic E-state index is 0.00885. The smallest absolute Gasteiger partial charge is 0.146 e. The second-order valence-corrected chi connectivity index (χ2v) is 4.71. The van der Waals surface area contributed by atoms with Gasteiger partial charge in [-0.2, -0.15) is 0 Å². The quantitative estimate of drug-likeness (QED) is 0.912. The van der Waals surface area contributed by atoms with Crippen LogP contribution in [-0.2, 0) is 0 Å². The van der Waals surface area contributed by atoms with Crippen molar-refractivity contribution in [1.29, 1.82) is 0 Å². The zero-order valence-corrected chi connectivity index (χ0v) is 12.6. The fraction of sp³-hybridized carbons (Fsp3) is 0.250. The van der Waals surface area contributed by atoms with E-state index in [0.717, 1.165) is 11.1 Å². The Hall–Kier alpha value is -1.71. The van der Waals surface area contributed by atoms with Gasteiger partial charge in [0.15, 0.2) is 0 Å². The molecule has 0 saturated heterocycles. The highest BCUT2D eigenvalue weighted by atomic mass is 35.5. The normalized spacial score (nSPS) is 12.0. The van der Waals surface area contributed by atoms with Crippen LogP contribution < -0.4 is 14.8 Å². The van der Waals surface area contributed by atoms with Gasteiger partial charge >= 0.3 is 0 Å². The molecule has 2 aromatic rings. The van der Waals surface area contributed by atoms with Gasteiger partial charge in [-0.15, -0.1) is 0 Å². The molecule has 0 aromatic heterocycles. The van der Waals surface area contributed by atoms with Gasteiger partial charge in [0.2, 0.25) is 0 Å². The highest BCUT2D eigenvalue weighted by Gasteiger charge is 2.20. The van der Waals surface area contributed by atoms with E-state index in [-0.39, 0.29) is 6.04 Å². The number of nitrogens with one attached hydrogen (secondary N) is 1. The number of hydrogen-bond acceptors (Lipinski definition) is 3. The molecular formula is C16H18ClNO2. The Labute approximate surface area is 124 Å². The molecule has 1 atom stereocenters. The predicted molar refractivity (Wildman–Crippen MR) is 81.9 cm³/mol. The number of ether oxygens (including phenoxy) is 2. The lowest BCUT2D eigenvalue weighted by Crippen LogP contribution is -2.18. The van der Waals surface area contributed by atoms with Crippen molar-refractivity contribution in [1.82, 2.24) is 5.32 Å². The van der Waals surface area contributed by atoms with Crippen molar-refractivity contribution < 1.29 is 9.47 Å². The molecule has 2 aromatic carbocycles. The summed E-state index contributed by atoms with van der Waals surface area (Å²) < 4.78 is 10.7. The van der Waals surface area contributed by atoms with Gasteiger partial charge in [-0.05, 0) is 24.7 Å². The Morgan fingerprint density at radius 3 is 2.25 bits per heavy atom. The van der Waals surface area contributed by atoms with Crippen LogP contribution in [0, 0.1) is 0 Å². The average Bonchev–Trinajstić information content (AvgIpc) is 2.49. The number of methoxy groups -OCH3 is 2. The Bertz CT molecular complexity index is 572. The average molecular weight is 292 g/mol. The minimum absolute atomic E-state index is 0.00885. The maximum absolute atomic E-state index is 6.32. The van der Waals surface area contributed by atoms with Crippen LogP contribution in [0.15, 0.2) is 42.5 Å². The van der Waals surface area contributed by atoms with Crippen LogP contribution in [0.3, 0.4) is 0 Å². The number of benzene rings is 2. The Morgan fingerprint density at radius 1 is 1.00 bits per heavy atom.